The molecule has 7 heteroatoms. The van der Waals surface area contributed by atoms with Crippen molar-refractivity contribution in [3.63, 3.8) is 0 Å². The Morgan fingerprint density at radius 1 is 0.943 bits per heavy atom. The van der Waals surface area contributed by atoms with Crippen molar-refractivity contribution in [2.24, 2.45) is 0 Å². The normalized spacial score (nSPS) is 13.6. The average molecular weight is 515 g/mol. The summed E-state index contributed by atoms with van der Waals surface area (Å²) in [6, 6.07) is 16.8. The standard InChI is InChI=1S/C28H39N2O3PS/c1-3-5-6-7-15-24-23(13-4-2)14-10-16-25(24)28(27-18-11-22-35-27,26-17-8-9-19-29-26)30-20-12-21-34(31,32)33/h8-11,14,16-19,22,30H,3-7,12-13,15,20-21H2,1-2H3,(H2,31,32,33). The molecule has 1 atom stereocenters. The minimum absolute atomic E-state index is 0.136. The van der Waals surface area contributed by atoms with Gasteiger partial charge in [0.2, 0.25) is 0 Å². The van der Waals surface area contributed by atoms with Gasteiger partial charge in [0.05, 0.1) is 11.9 Å². The molecule has 35 heavy (non-hydrogen) atoms. The molecule has 0 saturated heterocycles. The zero-order valence-electron chi connectivity index (χ0n) is 20.9. The molecule has 0 radical (unpaired) electrons. The summed E-state index contributed by atoms with van der Waals surface area (Å²) in [5.74, 6) is 0. The molecule has 0 spiro atoms. The van der Waals surface area contributed by atoms with Gasteiger partial charge in [-0.25, -0.2) is 0 Å². The first-order valence-corrected chi connectivity index (χ1v) is 15.5. The number of pyridine rings is 1. The van der Waals surface area contributed by atoms with Crippen molar-refractivity contribution in [3.05, 3.63) is 87.4 Å². The smallest absolute Gasteiger partial charge is 0.324 e. The molecule has 0 fully saturated rings. The van der Waals surface area contributed by atoms with Crippen LogP contribution in [0.25, 0.3) is 0 Å². The Morgan fingerprint density at radius 2 is 1.80 bits per heavy atom. The van der Waals surface area contributed by atoms with E-state index in [9.17, 15) is 14.4 Å². The van der Waals surface area contributed by atoms with Crippen molar-refractivity contribution in [2.45, 2.75) is 70.8 Å². The Kier molecular flexibility index (Phi) is 10.7. The second-order valence-corrected chi connectivity index (χ2v) is 11.8. The third kappa shape index (κ3) is 7.34. The average Bonchev–Trinajstić information content (AvgIpc) is 3.38. The molecule has 0 amide bonds. The van der Waals surface area contributed by atoms with Crippen LogP contribution in [0.3, 0.4) is 0 Å². The summed E-state index contributed by atoms with van der Waals surface area (Å²) in [4.78, 5) is 24.8. The van der Waals surface area contributed by atoms with Gasteiger partial charge in [0.1, 0.15) is 5.54 Å². The van der Waals surface area contributed by atoms with E-state index in [2.05, 4.69) is 60.9 Å². The molecule has 3 N–H and O–H groups in total. The number of hydrogen-bond acceptors (Lipinski definition) is 4. The monoisotopic (exact) mass is 514 g/mol. The van der Waals surface area contributed by atoms with E-state index < -0.39 is 13.1 Å². The van der Waals surface area contributed by atoms with Gasteiger partial charge in [0.15, 0.2) is 0 Å². The lowest BCUT2D eigenvalue weighted by Gasteiger charge is -2.37. The number of aryl methyl sites for hydroxylation is 1. The van der Waals surface area contributed by atoms with E-state index in [0.29, 0.717) is 13.0 Å². The molecular formula is C28H39N2O3PS. The summed E-state index contributed by atoms with van der Waals surface area (Å²) in [5, 5.41) is 5.84. The van der Waals surface area contributed by atoms with Crippen LogP contribution in [0.15, 0.2) is 60.1 Å². The molecule has 5 nitrogen and oxygen atoms in total. The zero-order valence-corrected chi connectivity index (χ0v) is 22.7. The molecule has 0 bridgehead atoms. The van der Waals surface area contributed by atoms with Gasteiger partial charge in [0, 0.05) is 11.1 Å². The maximum absolute atomic E-state index is 11.5. The van der Waals surface area contributed by atoms with Crippen molar-refractivity contribution in [2.75, 3.05) is 12.7 Å². The van der Waals surface area contributed by atoms with E-state index in [0.717, 1.165) is 36.3 Å². The fourth-order valence-electron chi connectivity index (χ4n) is 4.82. The number of nitrogens with zero attached hydrogens (tertiary/aromatic N) is 1. The van der Waals surface area contributed by atoms with Crippen LogP contribution in [0, 0.1) is 0 Å². The summed E-state index contributed by atoms with van der Waals surface area (Å²) in [7, 11) is -4.05. The highest BCUT2D eigenvalue weighted by Crippen LogP contribution is 2.42. The second-order valence-electron chi connectivity index (χ2n) is 9.11. The largest absolute Gasteiger partial charge is 0.325 e. The maximum Gasteiger partial charge on any atom is 0.325 e. The first-order valence-electron chi connectivity index (χ1n) is 12.8. The van der Waals surface area contributed by atoms with Crippen LogP contribution in [0.2, 0.25) is 0 Å². The zero-order chi connectivity index (χ0) is 25.2. The molecule has 1 aromatic carbocycles. The summed E-state index contributed by atoms with van der Waals surface area (Å²) in [5.41, 5.74) is 4.19. The highest BCUT2D eigenvalue weighted by molar-refractivity contribution is 7.51. The van der Waals surface area contributed by atoms with Crippen molar-refractivity contribution in [1.82, 2.24) is 10.3 Å². The van der Waals surface area contributed by atoms with Gasteiger partial charge in [-0.1, -0.05) is 69.9 Å². The van der Waals surface area contributed by atoms with Gasteiger partial charge in [-0.15, -0.1) is 11.3 Å². The van der Waals surface area contributed by atoms with Gasteiger partial charge in [-0.05, 0) is 72.5 Å². The first kappa shape index (κ1) is 27.8. The Hall–Kier alpha value is -1.82. The highest BCUT2D eigenvalue weighted by atomic mass is 32.1. The van der Waals surface area contributed by atoms with Crippen LogP contribution in [0.4, 0.5) is 0 Å². The van der Waals surface area contributed by atoms with E-state index in [1.54, 1.807) is 11.3 Å². The maximum atomic E-state index is 11.5. The highest BCUT2D eigenvalue weighted by Gasteiger charge is 2.40. The molecule has 190 valence electrons. The fourth-order valence-corrected chi connectivity index (χ4v) is 6.32. The SMILES string of the molecule is CCCCCCc1c(CCC)cccc1C(NCCCP(=O)(O)O)(c1ccccn1)c1cccs1. The number of rotatable bonds is 15. The van der Waals surface area contributed by atoms with Crippen LogP contribution in [0.1, 0.15) is 79.6 Å². The number of unbranched alkanes of at least 4 members (excludes halogenated alkanes) is 3. The van der Waals surface area contributed by atoms with Crippen LogP contribution in [0.5, 0.6) is 0 Å². The van der Waals surface area contributed by atoms with Gasteiger partial charge < -0.3 is 9.79 Å². The van der Waals surface area contributed by atoms with E-state index >= 15 is 0 Å². The predicted octanol–water partition coefficient (Wildman–Crippen LogP) is 6.67. The summed E-state index contributed by atoms with van der Waals surface area (Å²) in [6.07, 6.45) is 9.98. The van der Waals surface area contributed by atoms with Crippen molar-refractivity contribution >= 4 is 18.9 Å². The van der Waals surface area contributed by atoms with Crippen molar-refractivity contribution < 1.29 is 14.4 Å². The quantitative estimate of drug-likeness (QED) is 0.156. The van der Waals surface area contributed by atoms with E-state index in [-0.39, 0.29) is 6.16 Å². The van der Waals surface area contributed by atoms with Crippen molar-refractivity contribution in [1.29, 1.82) is 0 Å². The minimum Gasteiger partial charge on any atom is -0.324 e. The number of benzene rings is 1. The molecule has 0 aliphatic carbocycles. The lowest BCUT2D eigenvalue weighted by molar-refractivity contribution is 0.369. The van der Waals surface area contributed by atoms with Crippen LogP contribution >= 0.6 is 18.9 Å². The van der Waals surface area contributed by atoms with Crippen LogP contribution < -0.4 is 5.32 Å². The minimum atomic E-state index is -4.05. The van der Waals surface area contributed by atoms with E-state index in [1.807, 2.05) is 18.3 Å². The Morgan fingerprint density at radius 3 is 2.46 bits per heavy atom. The third-order valence-electron chi connectivity index (χ3n) is 6.43. The number of nitrogens with one attached hydrogen (secondary N) is 1. The predicted molar refractivity (Wildman–Crippen MR) is 146 cm³/mol. The van der Waals surface area contributed by atoms with Gasteiger partial charge in [-0.3, -0.25) is 14.9 Å². The summed E-state index contributed by atoms with van der Waals surface area (Å²) in [6.45, 7) is 4.92. The summed E-state index contributed by atoms with van der Waals surface area (Å²) < 4.78 is 11.5. The van der Waals surface area contributed by atoms with Crippen LogP contribution in [-0.4, -0.2) is 27.5 Å². The van der Waals surface area contributed by atoms with E-state index in [4.69, 9.17) is 4.98 Å². The van der Waals surface area contributed by atoms with E-state index in [1.165, 1.54) is 36.0 Å². The second kappa shape index (κ2) is 13.5. The Balaban J connectivity index is 2.16. The molecule has 3 rings (SSSR count). The van der Waals surface area contributed by atoms with Crippen molar-refractivity contribution in [3.8, 4) is 0 Å². The van der Waals surface area contributed by atoms with Crippen LogP contribution in [-0.2, 0) is 22.9 Å². The third-order valence-corrected chi connectivity index (χ3v) is 8.32. The van der Waals surface area contributed by atoms with Gasteiger partial charge in [-0.2, -0.15) is 0 Å². The molecule has 1 unspecified atom stereocenters. The fraction of sp³-hybridized carbons (Fsp3) is 0.464. The molecule has 2 heterocycles. The number of hydrogen-bond donors (Lipinski definition) is 3. The lowest BCUT2D eigenvalue weighted by atomic mass is 9.78. The molecule has 0 aliphatic heterocycles. The van der Waals surface area contributed by atoms with Gasteiger partial charge in [0.25, 0.3) is 0 Å². The molecule has 0 aliphatic rings. The first-order chi connectivity index (χ1) is 16.9. The Bertz CT molecular complexity index is 1070. The molecule has 3 aromatic rings. The molecule has 0 saturated carbocycles. The topological polar surface area (TPSA) is 82.5 Å². The lowest BCUT2D eigenvalue weighted by Crippen LogP contribution is -2.46. The summed E-state index contributed by atoms with van der Waals surface area (Å²) >= 11 is 1.69. The number of aromatic nitrogens is 1. The molecule has 2 aromatic heterocycles. The Labute approximate surface area is 214 Å². The molecular weight excluding hydrogens is 475 g/mol. The number of thiophene rings is 1. The van der Waals surface area contributed by atoms with Gasteiger partial charge >= 0.3 is 7.60 Å².